The van der Waals surface area contributed by atoms with Crippen LogP contribution in [0.1, 0.15) is 40.0 Å². The van der Waals surface area contributed by atoms with Crippen LogP contribution in [0.15, 0.2) is 46.9 Å². The van der Waals surface area contributed by atoms with Crippen molar-refractivity contribution in [2.24, 2.45) is 0 Å². The molecule has 0 N–H and O–H groups in total. The summed E-state index contributed by atoms with van der Waals surface area (Å²) in [5.74, 6) is 1.97. The van der Waals surface area contributed by atoms with Crippen molar-refractivity contribution in [2.45, 2.75) is 47.0 Å². The van der Waals surface area contributed by atoms with Gasteiger partial charge in [-0.05, 0) is 75.8 Å². The van der Waals surface area contributed by atoms with Gasteiger partial charge in [0.25, 0.3) is 0 Å². The summed E-state index contributed by atoms with van der Waals surface area (Å²) in [7, 11) is 0. The average Bonchev–Trinajstić information content (AvgIpc) is 2.90. The molecule has 25 heavy (non-hydrogen) atoms. The van der Waals surface area contributed by atoms with E-state index in [1.165, 1.54) is 39.2 Å². The fraction of sp³-hybridized carbons (Fsp3) is 0.304. The highest BCUT2D eigenvalue weighted by molar-refractivity contribution is 5.81. The Morgan fingerprint density at radius 3 is 2.28 bits per heavy atom. The van der Waals surface area contributed by atoms with Gasteiger partial charge in [-0.1, -0.05) is 35.9 Å². The number of benzene rings is 2. The highest BCUT2D eigenvalue weighted by Crippen LogP contribution is 2.44. The molecule has 1 aliphatic rings. The number of rotatable bonds is 1. The molecule has 128 valence electrons. The van der Waals surface area contributed by atoms with E-state index < -0.39 is 0 Å². The maximum Gasteiger partial charge on any atom is 0.207 e. The van der Waals surface area contributed by atoms with Gasteiger partial charge in [0.2, 0.25) is 5.88 Å². The number of hydrogen-bond acceptors (Lipinski definition) is 2. The Labute approximate surface area is 150 Å². The van der Waals surface area contributed by atoms with Crippen LogP contribution in [0.5, 0.6) is 0 Å². The number of aryl methyl sites for hydroxylation is 6. The van der Waals surface area contributed by atoms with E-state index in [0.717, 1.165) is 30.9 Å². The van der Waals surface area contributed by atoms with Crippen molar-refractivity contribution >= 4 is 17.3 Å². The molecule has 0 saturated carbocycles. The second-order valence-electron chi connectivity index (χ2n) is 7.25. The third-order valence-corrected chi connectivity index (χ3v) is 5.10. The normalized spacial score (nSPS) is 13.8. The molecule has 0 bridgehead atoms. The number of anilines is 3. The van der Waals surface area contributed by atoms with Crippen LogP contribution in [0.3, 0.4) is 0 Å². The summed E-state index contributed by atoms with van der Waals surface area (Å²) in [6.45, 7) is 8.61. The lowest BCUT2D eigenvalue weighted by Gasteiger charge is -2.30. The van der Waals surface area contributed by atoms with Crippen molar-refractivity contribution in [2.75, 3.05) is 4.90 Å². The molecule has 3 aromatic rings. The largest absolute Gasteiger partial charge is 0.445 e. The van der Waals surface area contributed by atoms with E-state index in [9.17, 15) is 0 Å². The molecular weight excluding hydrogens is 306 g/mol. The molecule has 0 aliphatic carbocycles. The lowest BCUT2D eigenvalue weighted by molar-refractivity contribution is 0.537. The predicted molar refractivity (Wildman–Crippen MR) is 104 cm³/mol. The molecule has 0 atom stereocenters. The van der Waals surface area contributed by atoms with Gasteiger partial charge in [0, 0.05) is 5.56 Å². The summed E-state index contributed by atoms with van der Waals surface area (Å²) in [5, 5.41) is 0. The molecule has 0 unspecified atom stereocenters. The van der Waals surface area contributed by atoms with E-state index in [4.69, 9.17) is 4.42 Å². The standard InChI is InChI=1S/C23H25NO/c1-15-12-16(2)22(17(3)13-15)24-21-11-6-5-8-19(21)9-7-10-20-14-18(4)25-23(20)24/h5-6,8,11-14H,7,9-10H2,1-4H3. The molecule has 0 saturated heterocycles. The lowest BCUT2D eigenvalue weighted by atomic mass is 9.97. The van der Waals surface area contributed by atoms with Crippen LogP contribution in [-0.2, 0) is 12.8 Å². The minimum atomic E-state index is 0.983. The first-order valence-electron chi connectivity index (χ1n) is 9.10. The molecule has 0 fully saturated rings. The molecule has 1 aliphatic heterocycles. The van der Waals surface area contributed by atoms with Crippen LogP contribution in [0.2, 0.25) is 0 Å². The summed E-state index contributed by atoms with van der Waals surface area (Å²) < 4.78 is 6.23. The quantitative estimate of drug-likeness (QED) is 0.508. The molecule has 2 aromatic carbocycles. The van der Waals surface area contributed by atoms with Gasteiger partial charge < -0.3 is 4.42 Å². The van der Waals surface area contributed by atoms with Crippen LogP contribution in [-0.4, -0.2) is 0 Å². The number of hydrogen-bond donors (Lipinski definition) is 0. The Morgan fingerprint density at radius 1 is 0.840 bits per heavy atom. The van der Waals surface area contributed by atoms with Gasteiger partial charge in [-0.25, -0.2) is 0 Å². The molecular formula is C23H25NO. The second kappa shape index (κ2) is 6.11. The molecule has 2 heterocycles. The zero-order chi connectivity index (χ0) is 17.6. The van der Waals surface area contributed by atoms with Crippen LogP contribution < -0.4 is 4.90 Å². The van der Waals surface area contributed by atoms with E-state index in [0.29, 0.717) is 0 Å². The monoisotopic (exact) mass is 331 g/mol. The maximum atomic E-state index is 6.23. The minimum absolute atomic E-state index is 0.983. The first kappa shape index (κ1) is 16.0. The lowest BCUT2D eigenvalue weighted by Crippen LogP contribution is -2.17. The zero-order valence-corrected chi connectivity index (χ0v) is 15.5. The highest BCUT2D eigenvalue weighted by atomic mass is 16.4. The van der Waals surface area contributed by atoms with E-state index >= 15 is 0 Å². The minimum Gasteiger partial charge on any atom is -0.445 e. The first-order chi connectivity index (χ1) is 12.0. The van der Waals surface area contributed by atoms with Crippen molar-refractivity contribution in [1.82, 2.24) is 0 Å². The fourth-order valence-corrected chi connectivity index (χ4v) is 4.19. The van der Waals surface area contributed by atoms with Crippen LogP contribution in [0.4, 0.5) is 17.3 Å². The smallest absolute Gasteiger partial charge is 0.207 e. The Bertz CT molecular complexity index is 912. The summed E-state index contributed by atoms with van der Waals surface area (Å²) in [4.78, 5) is 2.35. The third kappa shape index (κ3) is 2.76. The Hall–Kier alpha value is -2.48. The van der Waals surface area contributed by atoms with E-state index in [1.807, 2.05) is 6.92 Å². The van der Waals surface area contributed by atoms with Gasteiger partial charge in [0.05, 0.1) is 11.4 Å². The third-order valence-electron chi connectivity index (χ3n) is 5.10. The van der Waals surface area contributed by atoms with Crippen molar-refractivity contribution in [3.05, 3.63) is 76.0 Å². The van der Waals surface area contributed by atoms with Crippen molar-refractivity contribution in [3.8, 4) is 0 Å². The van der Waals surface area contributed by atoms with Crippen molar-refractivity contribution in [3.63, 3.8) is 0 Å². The molecule has 2 nitrogen and oxygen atoms in total. The molecule has 1 aromatic heterocycles. The summed E-state index contributed by atoms with van der Waals surface area (Å²) in [6, 6.07) is 15.5. The van der Waals surface area contributed by atoms with Gasteiger partial charge in [-0.3, -0.25) is 4.90 Å². The van der Waals surface area contributed by atoms with Crippen LogP contribution in [0.25, 0.3) is 0 Å². The zero-order valence-electron chi connectivity index (χ0n) is 15.5. The van der Waals surface area contributed by atoms with E-state index in [-0.39, 0.29) is 0 Å². The van der Waals surface area contributed by atoms with Gasteiger partial charge in [-0.2, -0.15) is 0 Å². The number of furan rings is 1. The van der Waals surface area contributed by atoms with Gasteiger partial charge >= 0.3 is 0 Å². The molecule has 0 radical (unpaired) electrons. The van der Waals surface area contributed by atoms with Crippen LogP contribution in [0, 0.1) is 27.7 Å². The van der Waals surface area contributed by atoms with E-state index in [1.54, 1.807) is 0 Å². The molecule has 0 amide bonds. The van der Waals surface area contributed by atoms with E-state index in [2.05, 4.69) is 68.1 Å². The highest BCUT2D eigenvalue weighted by Gasteiger charge is 2.26. The molecule has 4 rings (SSSR count). The fourth-order valence-electron chi connectivity index (χ4n) is 4.19. The van der Waals surface area contributed by atoms with Crippen molar-refractivity contribution < 1.29 is 4.42 Å². The molecule has 0 spiro atoms. The summed E-state index contributed by atoms with van der Waals surface area (Å²) >= 11 is 0. The second-order valence-corrected chi connectivity index (χ2v) is 7.25. The van der Waals surface area contributed by atoms with Gasteiger partial charge in [0.1, 0.15) is 5.76 Å². The van der Waals surface area contributed by atoms with Gasteiger partial charge in [0.15, 0.2) is 0 Å². The topological polar surface area (TPSA) is 16.4 Å². The van der Waals surface area contributed by atoms with Crippen LogP contribution >= 0.6 is 0 Å². The average molecular weight is 331 g/mol. The Balaban J connectivity index is 2.03. The Kier molecular flexibility index (Phi) is 3.91. The predicted octanol–water partition coefficient (Wildman–Crippen LogP) is 6.47. The molecule has 2 heteroatoms. The van der Waals surface area contributed by atoms with Crippen molar-refractivity contribution in [1.29, 1.82) is 0 Å². The van der Waals surface area contributed by atoms with Gasteiger partial charge in [-0.15, -0.1) is 0 Å². The number of para-hydroxylation sites is 1. The summed E-state index contributed by atoms with van der Waals surface area (Å²) in [5.41, 5.74) is 9.06. The number of nitrogens with zero attached hydrogens (tertiary/aromatic N) is 1. The SMILES string of the molecule is Cc1cc(C)c(N2c3ccccc3CCCc3cc(C)oc32)c(C)c1. The number of fused-ring (bicyclic) bond motifs is 2. The first-order valence-corrected chi connectivity index (χ1v) is 9.10. The Morgan fingerprint density at radius 2 is 1.52 bits per heavy atom. The maximum absolute atomic E-state index is 6.23. The summed E-state index contributed by atoms with van der Waals surface area (Å²) in [6.07, 6.45) is 3.31.